The summed E-state index contributed by atoms with van der Waals surface area (Å²) in [6.07, 6.45) is -4.60. The average molecular weight is 425 g/mol. The van der Waals surface area contributed by atoms with Gasteiger partial charge in [-0.2, -0.15) is 18.3 Å². The number of nitrogens with zero attached hydrogens (tertiary/aromatic N) is 3. The minimum atomic E-state index is -4.60. The van der Waals surface area contributed by atoms with Crippen molar-refractivity contribution < 1.29 is 18.0 Å². The van der Waals surface area contributed by atoms with Crippen LogP contribution in [0.4, 0.5) is 19.0 Å². The molecule has 4 aromatic rings. The predicted molar refractivity (Wildman–Crippen MR) is 112 cm³/mol. The molecular weight excluding hydrogens is 407 g/mol. The van der Waals surface area contributed by atoms with Gasteiger partial charge in [0.05, 0.1) is 11.2 Å². The summed E-state index contributed by atoms with van der Waals surface area (Å²) in [4.78, 5) is 16.6. The molecule has 0 aliphatic carbocycles. The average Bonchev–Trinajstić information content (AvgIpc) is 3.09. The first-order valence-electron chi connectivity index (χ1n) is 9.38. The number of amides is 1. The lowest BCUT2D eigenvalue weighted by atomic mass is 10.0. The molecule has 4 rings (SSSR count). The summed E-state index contributed by atoms with van der Waals surface area (Å²) in [6.45, 7) is 0.909. The number of hydrogen-bond donors (Lipinski definition) is 2. The van der Waals surface area contributed by atoms with Crippen molar-refractivity contribution in [3.63, 3.8) is 0 Å². The first-order valence-corrected chi connectivity index (χ1v) is 9.38. The molecule has 0 saturated carbocycles. The van der Waals surface area contributed by atoms with E-state index in [9.17, 15) is 18.0 Å². The van der Waals surface area contributed by atoms with Gasteiger partial charge >= 0.3 is 6.18 Å². The summed E-state index contributed by atoms with van der Waals surface area (Å²) in [5, 5.41) is 4.82. The summed E-state index contributed by atoms with van der Waals surface area (Å²) in [7, 11) is 0. The van der Waals surface area contributed by atoms with Crippen molar-refractivity contribution in [3.8, 4) is 22.5 Å². The highest BCUT2D eigenvalue weighted by Gasteiger charge is 2.40. The zero-order chi connectivity index (χ0) is 22.3. The van der Waals surface area contributed by atoms with E-state index in [1.54, 1.807) is 18.2 Å². The van der Waals surface area contributed by atoms with Gasteiger partial charge < -0.3 is 11.5 Å². The van der Waals surface area contributed by atoms with E-state index in [2.05, 4.69) is 10.1 Å². The summed E-state index contributed by atoms with van der Waals surface area (Å²) in [5.41, 5.74) is 13.6. The van der Waals surface area contributed by atoms with Crippen molar-refractivity contribution in [1.82, 2.24) is 14.8 Å². The number of anilines is 1. The number of aromatic nitrogens is 3. The second-order valence-electron chi connectivity index (χ2n) is 7.11. The van der Waals surface area contributed by atoms with E-state index >= 15 is 0 Å². The van der Waals surface area contributed by atoms with Crippen molar-refractivity contribution in [2.45, 2.75) is 19.1 Å². The van der Waals surface area contributed by atoms with Crippen LogP contribution in [0.15, 0.2) is 60.7 Å². The molecule has 0 aliphatic rings. The van der Waals surface area contributed by atoms with E-state index in [-0.39, 0.29) is 11.3 Å². The number of benzene rings is 2. The maximum Gasteiger partial charge on any atom is 0.410 e. The van der Waals surface area contributed by atoms with Crippen molar-refractivity contribution in [1.29, 1.82) is 0 Å². The van der Waals surface area contributed by atoms with Crippen LogP contribution in [0.5, 0.6) is 0 Å². The molecule has 0 spiro atoms. The second kappa shape index (κ2) is 7.42. The van der Waals surface area contributed by atoms with Crippen molar-refractivity contribution in [2.24, 2.45) is 5.73 Å². The predicted octanol–water partition coefficient (Wildman–Crippen LogP) is 4.57. The van der Waals surface area contributed by atoms with Gasteiger partial charge in [-0.05, 0) is 19.1 Å². The third kappa shape index (κ3) is 3.70. The van der Waals surface area contributed by atoms with Crippen LogP contribution < -0.4 is 11.5 Å². The molecule has 1 amide bonds. The Morgan fingerprint density at radius 2 is 1.71 bits per heavy atom. The number of halogens is 3. The quantitative estimate of drug-likeness (QED) is 0.500. The maximum atomic E-state index is 13.2. The molecule has 31 heavy (non-hydrogen) atoms. The van der Waals surface area contributed by atoms with E-state index < -0.39 is 23.9 Å². The number of primary amides is 1. The SMILES string of the molecule is C[C@@H](n1nc(-c2ccc3ccc(-c4ccccc4)nc3c2)c(C(N)=O)c1N)C(F)(F)F. The topological polar surface area (TPSA) is 99.8 Å². The molecule has 0 aliphatic heterocycles. The minimum absolute atomic E-state index is 0.0186. The fraction of sp³-hybridized carbons (Fsp3) is 0.136. The van der Waals surface area contributed by atoms with Crippen LogP contribution in [0.3, 0.4) is 0 Å². The van der Waals surface area contributed by atoms with Gasteiger partial charge in [0, 0.05) is 16.5 Å². The Hall–Kier alpha value is -3.88. The molecule has 6 nitrogen and oxygen atoms in total. The van der Waals surface area contributed by atoms with Gasteiger partial charge in [0.25, 0.3) is 5.91 Å². The zero-order valence-electron chi connectivity index (χ0n) is 16.4. The fourth-order valence-corrected chi connectivity index (χ4v) is 3.36. The van der Waals surface area contributed by atoms with Crippen molar-refractivity contribution >= 4 is 22.6 Å². The van der Waals surface area contributed by atoms with Crippen LogP contribution in [0.2, 0.25) is 0 Å². The number of pyridine rings is 1. The molecule has 2 aromatic carbocycles. The fourth-order valence-electron chi connectivity index (χ4n) is 3.36. The molecule has 0 radical (unpaired) electrons. The summed E-state index contributed by atoms with van der Waals surface area (Å²) >= 11 is 0. The van der Waals surface area contributed by atoms with Crippen molar-refractivity contribution in [3.05, 3.63) is 66.2 Å². The zero-order valence-corrected chi connectivity index (χ0v) is 16.4. The lowest BCUT2D eigenvalue weighted by Gasteiger charge is -2.17. The summed E-state index contributed by atoms with van der Waals surface area (Å²) < 4.78 is 40.3. The molecule has 158 valence electrons. The van der Waals surface area contributed by atoms with Crippen LogP contribution in [0, 0.1) is 0 Å². The first-order chi connectivity index (χ1) is 14.7. The molecule has 2 aromatic heterocycles. The Balaban J connectivity index is 1.87. The number of alkyl halides is 3. The third-order valence-electron chi connectivity index (χ3n) is 5.07. The van der Waals surface area contributed by atoms with Gasteiger partial charge in [0.2, 0.25) is 0 Å². The Kier molecular flexibility index (Phi) is 4.88. The lowest BCUT2D eigenvalue weighted by molar-refractivity contribution is -0.164. The number of carbonyl (C=O) groups is 1. The maximum absolute atomic E-state index is 13.2. The van der Waals surface area contributed by atoms with Gasteiger partial charge in [-0.1, -0.05) is 48.5 Å². The van der Waals surface area contributed by atoms with Crippen LogP contribution in [0.1, 0.15) is 23.3 Å². The van der Waals surface area contributed by atoms with Gasteiger partial charge in [-0.3, -0.25) is 4.79 Å². The lowest BCUT2D eigenvalue weighted by Crippen LogP contribution is -2.26. The summed E-state index contributed by atoms with van der Waals surface area (Å²) in [5.74, 6) is -1.39. The molecule has 0 unspecified atom stereocenters. The van der Waals surface area contributed by atoms with E-state index in [0.717, 1.165) is 23.6 Å². The number of nitrogen functional groups attached to an aromatic ring is 1. The van der Waals surface area contributed by atoms with Crippen molar-refractivity contribution in [2.75, 3.05) is 5.73 Å². The highest BCUT2D eigenvalue weighted by atomic mass is 19.4. The first kappa shape index (κ1) is 20.4. The van der Waals surface area contributed by atoms with Gasteiger partial charge in [-0.15, -0.1) is 0 Å². The number of rotatable bonds is 4. The molecule has 1 atom stereocenters. The third-order valence-corrected chi connectivity index (χ3v) is 5.07. The molecular formula is C22H18F3N5O. The molecule has 2 heterocycles. The van der Waals surface area contributed by atoms with E-state index in [4.69, 9.17) is 11.5 Å². The number of nitrogens with two attached hydrogens (primary N) is 2. The molecule has 4 N–H and O–H groups in total. The van der Waals surface area contributed by atoms with Crippen LogP contribution in [0.25, 0.3) is 33.4 Å². The second-order valence-corrected chi connectivity index (χ2v) is 7.11. The molecule has 0 bridgehead atoms. The number of hydrogen-bond acceptors (Lipinski definition) is 4. The van der Waals surface area contributed by atoms with Gasteiger partial charge in [-0.25, -0.2) is 9.67 Å². The van der Waals surface area contributed by atoms with Gasteiger partial charge in [0.1, 0.15) is 23.1 Å². The van der Waals surface area contributed by atoms with Crippen LogP contribution in [-0.4, -0.2) is 26.8 Å². The highest BCUT2D eigenvalue weighted by molar-refractivity contribution is 6.04. The van der Waals surface area contributed by atoms with Crippen LogP contribution >= 0.6 is 0 Å². The smallest absolute Gasteiger partial charge is 0.383 e. The normalized spacial score (nSPS) is 12.8. The Labute approximate surface area is 175 Å². The van der Waals surface area contributed by atoms with E-state index in [1.165, 1.54) is 0 Å². The Bertz CT molecular complexity index is 1280. The number of fused-ring (bicyclic) bond motifs is 1. The summed E-state index contributed by atoms with van der Waals surface area (Å²) in [6, 6.07) is 16.3. The van der Waals surface area contributed by atoms with E-state index in [0.29, 0.717) is 15.8 Å². The highest BCUT2D eigenvalue weighted by Crippen LogP contribution is 2.36. The Morgan fingerprint density at radius 1 is 1.03 bits per heavy atom. The number of carbonyl (C=O) groups excluding carboxylic acids is 1. The molecule has 9 heteroatoms. The largest absolute Gasteiger partial charge is 0.410 e. The Morgan fingerprint density at radius 3 is 2.35 bits per heavy atom. The van der Waals surface area contributed by atoms with Crippen LogP contribution in [-0.2, 0) is 0 Å². The van der Waals surface area contributed by atoms with E-state index in [1.807, 2.05) is 42.5 Å². The molecule has 0 fully saturated rings. The monoisotopic (exact) mass is 425 g/mol. The standard InChI is InChI=1S/C22H18F3N5O/c1-12(22(23,24)25)30-20(26)18(21(27)31)19(29-30)15-8-7-14-9-10-16(28-17(14)11-15)13-5-3-2-4-6-13/h2-12H,26H2,1H3,(H2,27,31)/t12-/m1/s1. The molecule has 0 saturated heterocycles. The minimum Gasteiger partial charge on any atom is -0.383 e. The van der Waals surface area contributed by atoms with Gasteiger partial charge in [0.15, 0.2) is 0 Å².